The first-order chi connectivity index (χ1) is 5.54. The van der Waals surface area contributed by atoms with Gasteiger partial charge in [-0.2, -0.15) is 0 Å². The second kappa shape index (κ2) is 3.42. The molecule has 1 atom stereocenters. The summed E-state index contributed by atoms with van der Waals surface area (Å²) in [7, 11) is 0. The van der Waals surface area contributed by atoms with Gasteiger partial charge in [-0.25, -0.2) is 4.39 Å². The topological polar surface area (TPSA) is 26.0 Å². The van der Waals surface area contributed by atoms with E-state index in [1.54, 1.807) is 13.8 Å². The van der Waals surface area contributed by atoms with Crippen LogP contribution in [0.25, 0.3) is 0 Å². The van der Waals surface area contributed by atoms with Crippen LogP contribution in [0.4, 0.5) is 4.39 Å². The van der Waals surface area contributed by atoms with Crippen molar-refractivity contribution in [3.05, 3.63) is 34.1 Å². The average molecular weight is 188 g/mol. The smallest absolute Gasteiger partial charge is 0.126 e. The molecular weight excluding hydrogens is 177 g/mol. The van der Waals surface area contributed by atoms with Crippen LogP contribution in [0.5, 0.6) is 0 Å². The molecule has 0 aliphatic rings. The highest BCUT2D eigenvalue weighted by Gasteiger charge is 2.11. The van der Waals surface area contributed by atoms with Crippen molar-refractivity contribution in [1.82, 2.24) is 0 Å². The molecule has 0 aliphatic heterocycles. The highest BCUT2D eigenvalue weighted by atomic mass is 35.5. The van der Waals surface area contributed by atoms with Gasteiger partial charge in [-0.15, -0.1) is 0 Å². The Morgan fingerprint density at radius 3 is 2.50 bits per heavy atom. The van der Waals surface area contributed by atoms with E-state index >= 15 is 0 Å². The van der Waals surface area contributed by atoms with E-state index in [1.165, 1.54) is 12.1 Å². The number of halogens is 2. The van der Waals surface area contributed by atoms with E-state index in [1.807, 2.05) is 0 Å². The molecule has 0 heterocycles. The molecule has 0 aromatic heterocycles. The summed E-state index contributed by atoms with van der Waals surface area (Å²) < 4.78 is 13.0. The number of benzene rings is 1. The summed E-state index contributed by atoms with van der Waals surface area (Å²) in [6.45, 7) is 3.47. The van der Waals surface area contributed by atoms with Crippen LogP contribution in [0.1, 0.15) is 24.1 Å². The molecule has 0 saturated carbocycles. The summed E-state index contributed by atoms with van der Waals surface area (Å²) in [5.41, 5.74) is 6.86. The monoisotopic (exact) mass is 187 g/mol. The highest BCUT2D eigenvalue weighted by molar-refractivity contribution is 6.31. The molecule has 0 radical (unpaired) electrons. The molecule has 3 heteroatoms. The van der Waals surface area contributed by atoms with Crippen molar-refractivity contribution in [1.29, 1.82) is 0 Å². The molecule has 0 bridgehead atoms. The van der Waals surface area contributed by atoms with E-state index in [4.69, 9.17) is 17.3 Å². The Kier molecular flexibility index (Phi) is 2.70. The SMILES string of the molecule is Cc1c(F)ccc(Cl)c1C(C)N. The van der Waals surface area contributed by atoms with Crippen LogP contribution in [0.3, 0.4) is 0 Å². The minimum atomic E-state index is -0.258. The van der Waals surface area contributed by atoms with Crippen LogP contribution in [-0.2, 0) is 0 Å². The Balaban J connectivity index is 3.33. The fraction of sp³-hybridized carbons (Fsp3) is 0.333. The number of rotatable bonds is 1. The Hall–Kier alpha value is -0.600. The summed E-state index contributed by atoms with van der Waals surface area (Å²) >= 11 is 5.85. The fourth-order valence-corrected chi connectivity index (χ4v) is 1.60. The van der Waals surface area contributed by atoms with Gasteiger partial charge in [0, 0.05) is 11.1 Å². The Morgan fingerprint density at radius 1 is 1.50 bits per heavy atom. The predicted octanol–water partition coefficient (Wildman–Crippen LogP) is 2.81. The number of hydrogen-bond donors (Lipinski definition) is 1. The Morgan fingerprint density at radius 2 is 2.08 bits per heavy atom. The van der Waals surface area contributed by atoms with Gasteiger partial charge in [0.2, 0.25) is 0 Å². The summed E-state index contributed by atoms with van der Waals surface area (Å²) in [6, 6.07) is 2.65. The van der Waals surface area contributed by atoms with Gasteiger partial charge in [0.1, 0.15) is 5.82 Å². The van der Waals surface area contributed by atoms with E-state index in [2.05, 4.69) is 0 Å². The van der Waals surface area contributed by atoms with Crippen LogP contribution in [0.2, 0.25) is 5.02 Å². The fourth-order valence-electron chi connectivity index (χ4n) is 1.23. The lowest BCUT2D eigenvalue weighted by molar-refractivity contribution is 0.611. The average Bonchev–Trinajstić information content (AvgIpc) is 1.97. The maximum absolute atomic E-state index is 13.0. The molecule has 1 nitrogen and oxygen atoms in total. The second-order valence-electron chi connectivity index (χ2n) is 2.86. The van der Waals surface area contributed by atoms with Gasteiger partial charge in [-0.3, -0.25) is 0 Å². The molecule has 0 spiro atoms. The molecule has 2 N–H and O–H groups in total. The number of nitrogens with two attached hydrogens (primary N) is 1. The zero-order valence-corrected chi connectivity index (χ0v) is 7.82. The van der Waals surface area contributed by atoms with Gasteiger partial charge < -0.3 is 5.73 Å². The Labute approximate surface area is 76.3 Å². The quantitative estimate of drug-likeness (QED) is 0.719. The summed E-state index contributed by atoms with van der Waals surface area (Å²) in [6.07, 6.45) is 0. The maximum Gasteiger partial charge on any atom is 0.126 e. The van der Waals surface area contributed by atoms with Crippen LogP contribution in [-0.4, -0.2) is 0 Å². The van der Waals surface area contributed by atoms with Crippen molar-refractivity contribution >= 4 is 11.6 Å². The van der Waals surface area contributed by atoms with Gasteiger partial charge in [0.15, 0.2) is 0 Å². The second-order valence-corrected chi connectivity index (χ2v) is 3.26. The van der Waals surface area contributed by atoms with E-state index < -0.39 is 0 Å². The lowest BCUT2D eigenvalue weighted by Crippen LogP contribution is -2.08. The van der Waals surface area contributed by atoms with E-state index in [0.717, 1.165) is 0 Å². The van der Waals surface area contributed by atoms with Crippen LogP contribution in [0.15, 0.2) is 12.1 Å². The van der Waals surface area contributed by atoms with Crippen molar-refractivity contribution < 1.29 is 4.39 Å². The van der Waals surface area contributed by atoms with Crippen LogP contribution < -0.4 is 5.73 Å². The summed E-state index contributed by atoms with van der Waals surface area (Å²) in [5, 5.41) is 0.531. The van der Waals surface area contributed by atoms with E-state index in [0.29, 0.717) is 16.1 Å². The molecule has 0 aliphatic carbocycles. The molecular formula is C9H11ClFN. The molecule has 66 valence electrons. The number of hydrogen-bond acceptors (Lipinski definition) is 1. The van der Waals surface area contributed by atoms with E-state index in [-0.39, 0.29) is 11.9 Å². The zero-order valence-electron chi connectivity index (χ0n) is 7.07. The summed E-state index contributed by atoms with van der Waals surface area (Å²) in [4.78, 5) is 0. The first kappa shape index (κ1) is 9.49. The highest BCUT2D eigenvalue weighted by Crippen LogP contribution is 2.26. The van der Waals surface area contributed by atoms with Gasteiger partial charge in [0.25, 0.3) is 0 Å². The van der Waals surface area contributed by atoms with Gasteiger partial charge in [0.05, 0.1) is 0 Å². The molecule has 1 rings (SSSR count). The predicted molar refractivity (Wildman–Crippen MR) is 48.7 cm³/mol. The van der Waals surface area contributed by atoms with Crippen molar-refractivity contribution in [3.8, 4) is 0 Å². The first-order valence-corrected chi connectivity index (χ1v) is 4.12. The van der Waals surface area contributed by atoms with Gasteiger partial charge >= 0.3 is 0 Å². The first-order valence-electron chi connectivity index (χ1n) is 3.74. The van der Waals surface area contributed by atoms with Crippen LogP contribution in [0, 0.1) is 12.7 Å². The van der Waals surface area contributed by atoms with Crippen molar-refractivity contribution in [2.24, 2.45) is 5.73 Å². The third kappa shape index (κ3) is 1.59. The normalized spacial score (nSPS) is 13.1. The largest absolute Gasteiger partial charge is 0.324 e. The van der Waals surface area contributed by atoms with Crippen molar-refractivity contribution in [3.63, 3.8) is 0 Å². The van der Waals surface area contributed by atoms with E-state index in [9.17, 15) is 4.39 Å². The molecule has 1 aromatic carbocycles. The van der Waals surface area contributed by atoms with Gasteiger partial charge in [-0.1, -0.05) is 11.6 Å². The molecule has 1 aromatic rings. The molecule has 0 saturated heterocycles. The molecule has 0 amide bonds. The third-order valence-electron chi connectivity index (χ3n) is 1.85. The summed E-state index contributed by atoms with van der Waals surface area (Å²) in [5.74, 6) is -0.258. The molecule has 0 fully saturated rings. The Bertz CT molecular complexity index is 297. The molecule has 12 heavy (non-hydrogen) atoms. The minimum Gasteiger partial charge on any atom is -0.324 e. The molecule has 1 unspecified atom stereocenters. The third-order valence-corrected chi connectivity index (χ3v) is 2.18. The van der Waals surface area contributed by atoms with Crippen molar-refractivity contribution in [2.45, 2.75) is 19.9 Å². The van der Waals surface area contributed by atoms with Gasteiger partial charge in [-0.05, 0) is 37.1 Å². The standard InChI is InChI=1S/C9H11ClFN/c1-5-8(11)4-3-7(10)9(5)6(2)12/h3-4,6H,12H2,1-2H3. The van der Waals surface area contributed by atoms with Crippen LogP contribution >= 0.6 is 11.6 Å². The lowest BCUT2D eigenvalue weighted by atomic mass is 10.0. The minimum absolute atomic E-state index is 0.229. The van der Waals surface area contributed by atoms with Crippen molar-refractivity contribution in [2.75, 3.05) is 0 Å². The maximum atomic E-state index is 13.0. The zero-order chi connectivity index (χ0) is 9.30. The lowest BCUT2D eigenvalue weighted by Gasteiger charge is -2.11.